The highest BCUT2D eigenvalue weighted by molar-refractivity contribution is 5.92. The van der Waals surface area contributed by atoms with E-state index in [0.29, 0.717) is 12.4 Å². The van der Waals surface area contributed by atoms with Crippen LogP contribution in [0, 0.1) is 34.0 Å². The first kappa shape index (κ1) is 24.2. The molecule has 2 fully saturated rings. The normalized spacial score (nSPS) is 39.7. The summed E-state index contributed by atoms with van der Waals surface area (Å²) in [6, 6.07) is 1.92. The first-order valence-electron chi connectivity index (χ1n) is 12.5. The number of Topliss-reactive ketones (excluding diaryl/α,β-unsaturated/α-hetero) is 1. The number of ketones is 1. The van der Waals surface area contributed by atoms with Crippen molar-refractivity contribution in [1.29, 1.82) is 0 Å². The molecular formula is C28H36O7. The summed E-state index contributed by atoms with van der Waals surface area (Å²) in [6.07, 6.45) is 6.39. The van der Waals surface area contributed by atoms with E-state index in [-0.39, 0.29) is 41.5 Å². The molecule has 0 aromatic carbocycles. The minimum Gasteiger partial charge on any atom is -0.472 e. The number of allylic oxidation sites excluding steroid dienone is 2. The van der Waals surface area contributed by atoms with E-state index < -0.39 is 22.9 Å². The highest BCUT2D eigenvalue weighted by Gasteiger charge is 2.67. The fourth-order valence-electron chi connectivity index (χ4n) is 7.91. The molecule has 2 heterocycles. The van der Waals surface area contributed by atoms with Gasteiger partial charge in [-0.2, -0.15) is 0 Å². The molecule has 1 aromatic heterocycles. The van der Waals surface area contributed by atoms with Crippen LogP contribution in [-0.4, -0.2) is 37.2 Å². The van der Waals surface area contributed by atoms with Crippen LogP contribution < -0.4 is 0 Å². The number of carbonyl (C=O) groups excluding carboxylic acids is 2. The Bertz CT molecular complexity index is 1100. The van der Waals surface area contributed by atoms with Crippen LogP contribution in [0.2, 0.25) is 0 Å². The zero-order chi connectivity index (χ0) is 25.3. The molecule has 7 atom stereocenters. The van der Waals surface area contributed by atoms with E-state index in [1.165, 1.54) is 12.7 Å². The van der Waals surface area contributed by atoms with Crippen molar-refractivity contribution in [3.8, 4) is 0 Å². The zero-order valence-electron chi connectivity index (χ0n) is 21.4. The number of esters is 1. The molecule has 5 rings (SSSR count). The molecule has 1 aliphatic heterocycles. The second kappa shape index (κ2) is 7.99. The number of rotatable bonds is 4. The standard InChI is InChI=1S/C28H36O7/c1-26(2)20(13-21(29)32-5)28(4)18-7-9-27(3)19(16(18)11-17(23(26)30)24(28)31)12-22(33-6)35-25(27)15-8-10-34-14-15/h8,10,12,14,17-18,20,23,25,30H,7,9,11,13H2,1-6H3/t17-,18+,20+,23+,25+,27-,28-/m1/s1. The third-order valence-electron chi connectivity index (χ3n) is 9.85. The summed E-state index contributed by atoms with van der Waals surface area (Å²) in [6.45, 7) is 8.19. The van der Waals surface area contributed by atoms with E-state index in [9.17, 15) is 14.7 Å². The van der Waals surface area contributed by atoms with Gasteiger partial charge >= 0.3 is 5.97 Å². The molecule has 1 N–H and O–H groups in total. The molecule has 1 aromatic rings. The lowest BCUT2D eigenvalue weighted by atomic mass is 9.41. The van der Waals surface area contributed by atoms with Crippen LogP contribution in [0.3, 0.4) is 0 Å². The number of aliphatic hydroxyl groups is 1. The molecule has 3 aliphatic carbocycles. The van der Waals surface area contributed by atoms with E-state index in [1.807, 2.05) is 32.9 Å². The number of furan rings is 1. The molecule has 7 heteroatoms. The SMILES string of the molecule is COC(=O)C[C@H]1C(C)(C)[C@@H](O)[C@H]2CC3=C4C=C(OC)O[C@@H](c5ccoc5)[C@]4(C)CC[C@@H]3[C@@]1(C)C2=O. The summed E-state index contributed by atoms with van der Waals surface area (Å²) in [4.78, 5) is 26.5. The number of fused-ring (bicyclic) bond motifs is 5. The Hall–Kier alpha value is -2.54. The van der Waals surface area contributed by atoms with Gasteiger partial charge in [0.15, 0.2) is 0 Å². The number of carbonyl (C=O) groups is 2. The molecular weight excluding hydrogens is 448 g/mol. The Morgan fingerprint density at radius 2 is 1.97 bits per heavy atom. The van der Waals surface area contributed by atoms with Crippen LogP contribution in [0.4, 0.5) is 0 Å². The minimum absolute atomic E-state index is 0.0341. The summed E-state index contributed by atoms with van der Waals surface area (Å²) in [5.41, 5.74) is 1.50. The lowest BCUT2D eigenvalue weighted by Gasteiger charge is -2.63. The maximum Gasteiger partial charge on any atom is 0.305 e. The maximum absolute atomic E-state index is 14.0. The van der Waals surface area contributed by atoms with Gasteiger partial charge in [-0.15, -0.1) is 0 Å². The quantitative estimate of drug-likeness (QED) is 0.618. The fraction of sp³-hybridized carbons (Fsp3) is 0.643. The van der Waals surface area contributed by atoms with Crippen molar-refractivity contribution in [2.75, 3.05) is 14.2 Å². The molecule has 2 bridgehead atoms. The lowest BCUT2D eigenvalue weighted by molar-refractivity contribution is -0.185. The molecule has 2 saturated carbocycles. The number of aliphatic hydroxyl groups excluding tert-OH is 1. The summed E-state index contributed by atoms with van der Waals surface area (Å²) >= 11 is 0. The summed E-state index contributed by atoms with van der Waals surface area (Å²) < 4.78 is 22.3. The van der Waals surface area contributed by atoms with Crippen molar-refractivity contribution in [3.63, 3.8) is 0 Å². The van der Waals surface area contributed by atoms with Gasteiger partial charge in [-0.05, 0) is 48.2 Å². The van der Waals surface area contributed by atoms with Gasteiger partial charge in [0.2, 0.25) is 0 Å². The largest absolute Gasteiger partial charge is 0.472 e. The van der Waals surface area contributed by atoms with Crippen molar-refractivity contribution in [3.05, 3.63) is 47.3 Å². The topological polar surface area (TPSA) is 95.2 Å². The number of hydrogen-bond donors (Lipinski definition) is 1. The van der Waals surface area contributed by atoms with Gasteiger partial charge in [0.05, 0.1) is 32.8 Å². The van der Waals surface area contributed by atoms with Crippen LogP contribution in [0.1, 0.15) is 65.0 Å². The first-order valence-corrected chi connectivity index (χ1v) is 12.5. The molecule has 7 nitrogen and oxygen atoms in total. The Morgan fingerprint density at radius 1 is 1.23 bits per heavy atom. The monoisotopic (exact) mass is 484 g/mol. The van der Waals surface area contributed by atoms with E-state index in [2.05, 4.69) is 6.92 Å². The Kier molecular flexibility index (Phi) is 5.51. The molecule has 0 saturated heterocycles. The Labute approximate surface area is 206 Å². The second-order valence-electron chi connectivity index (χ2n) is 11.7. The highest BCUT2D eigenvalue weighted by Crippen LogP contribution is 2.67. The van der Waals surface area contributed by atoms with Crippen LogP contribution in [-0.2, 0) is 23.8 Å². The second-order valence-corrected chi connectivity index (χ2v) is 11.7. The van der Waals surface area contributed by atoms with Gasteiger partial charge in [0.25, 0.3) is 5.95 Å². The van der Waals surface area contributed by atoms with Gasteiger partial charge in [-0.1, -0.05) is 33.3 Å². The predicted octanol–water partition coefficient (Wildman–Crippen LogP) is 4.73. The molecule has 0 amide bonds. The van der Waals surface area contributed by atoms with E-state index in [1.54, 1.807) is 19.6 Å². The molecule has 4 aliphatic rings. The van der Waals surface area contributed by atoms with Gasteiger partial charge in [-0.25, -0.2) is 0 Å². The van der Waals surface area contributed by atoms with Crippen LogP contribution in [0.15, 0.2) is 46.2 Å². The lowest BCUT2D eigenvalue weighted by Crippen LogP contribution is -2.66. The van der Waals surface area contributed by atoms with Crippen molar-refractivity contribution < 1.29 is 33.3 Å². The smallest absolute Gasteiger partial charge is 0.305 e. The van der Waals surface area contributed by atoms with E-state index in [0.717, 1.165) is 24.0 Å². The minimum atomic E-state index is -0.852. The van der Waals surface area contributed by atoms with Crippen molar-refractivity contribution >= 4 is 11.8 Å². The average Bonchev–Trinajstić information content (AvgIpc) is 3.36. The molecule has 0 unspecified atom stereocenters. The highest BCUT2D eigenvalue weighted by atomic mass is 16.7. The van der Waals surface area contributed by atoms with Crippen molar-refractivity contribution in [2.24, 2.45) is 34.0 Å². The molecule has 0 radical (unpaired) electrons. The summed E-state index contributed by atoms with van der Waals surface area (Å²) in [5, 5.41) is 11.5. The van der Waals surface area contributed by atoms with Gasteiger partial charge in [0.1, 0.15) is 11.9 Å². The van der Waals surface area contributed by atoms with Gasteiger partial charge < -0.3 is 23.7 Å². The Balaban J connectivity index is 1.70. The molecule has 0 spiro atoms. The number of hydrogen-bond acceptors (Lipinski definition) is 7. The first-order chi connectivity index (χ1) is 16.5. The predicted molar refractivity (Wildman–Crippen MR) is 127 cm³/mol. The fourth-order valence-corrected chi connectivity index (χ4v) is 7.91. The average molecular weight is 485 g/mol. The Morgan fingerprint density at radius 3 is 2.60 bits per heavy atom. The summed E-state index contributed by atoms with van der Waals surface area (Å²) in [7, 11) is 2.96. The molecule has 190 valence electrons. The van der Waals surface area contributed by atoms with Crippen molar-refractivity contribution in [2.45, 2.75) is 65.6 Å². The van der Waals surface area contributed by atoms with Crippen LogP contribution in [0.25, 0.3) is 0 Å². The third kappa shape index (κ3) is 3.19. The van der Waals surface area contributed by atoms with Crippen LogP contribution >= 0.6 is 0 Å². The van der Waals surface area contributed by atoms with Crippen LogP contribution in [0.5, 0.6) is 0 Å². The van der Waals surface area contributed by atoms with Crippen molar-refractivity contribution in [1.82, 2.24) is 0 Å². The molecule has 35 heavy (non-hydrogen) atoms. The van der Waals surface area contributed by atoms with Gasteiger partial charge in [-0.3, -0.25) is 9.59 Å². The van der Waals surface area contributed by atoms with E-state index >= 15 is 0 Å². The van der Waals surface area contributed by atoms with E-state index in [4.69, 9.17) is 18.6 Å². The third-order valence-corrected chi connectivity index (χ3v) is 9.85. The number of ether oxygens (including phenoxy) is 3. The maximum atomic E-state index is 14.0. The zero-order valence-corrected chi connectivity index (χ0v) is 21.4. The summed E-state index contributed by atoms with van der Waals surface area (Å²) in [5.74, 6) is -0.743. The van der Waals surface area contributed by atoms with Gasteiger partial charge in [0, 0.05) is 34.8 Å². The number of methoxy groups -OCH3 is 2.